The molecule has 0 saturated carbocycles. The molecule has 0 saturated heterocycles. The summed E-state index contributed by atoms with van der Waals surface area (Å²) in [7, 11) is 1.61. The number of para-hydroxylation sites is 1. The van der Waals surface area contributed by atoms with Crippen molar-refractivity contribution in [3.8, 4) is 5.75 Å². The van der Waals surface area contributed by atoms with Gasteiger partial charge in [0.25, 0.3) is 5.69 Å². The van der Waals surface area contributed by atoms with E-state index in [2.05, 4.69) is 10.3 Å². The van der Waals surface area contributed by atoms with Gasteiger partial charge in [-0.3, -0.25) is 14.9 Å². The Morgan fingerprint density at radius 1 is 1.31 bits per heavy atom. The van der Waals surface area contributed by atoms with Crippen LogP contribution in [0.4, 0.5) is 5.69 Å². The van der Waals surface area contributed by atoms with E-state index in [0.29, 0.717) is 24.0 Å². The molecule has 0 aliphatic rings. The third kappa shape index (κ3) is 3.80. The Morgan fingerprint density at radius 2 is 2.12 bits per heavy atom. The van der Waals surface area contributed by atoms with E-state index in [9.17, 15) is 14.9 Å². The van der Waals surface area contributed by atoms with Crippen LogP contribution in [0.1, 0.15) is 5.56 Å². The van der Waals surface area contributed by atoms with Crippen LogP contribution in [-0.2, 0) is 17.8 Å². The maximum absolute atomic E-state index is 12.2. The molecule has 1 amide bonds. The van der Waals surface area contributed by atoms with Crippen molar-refractivity contribution < 1.29 is 14.5 Å². The fourth-order valence-corrected chi connectivity index (χ4v) is 2.76. The molecule has 1 aromatic heterocycles. The average Bonchev–Trinajstić information content (AvgIpc) is 3.04. The molecule has 0 unspecified atom stereocenters. The van der Waals surface area contributed by atoms with Gasteiger partial charge in [-0.25, -0.2) is 4.98 Å². The lowest BCUT2D eigenvalue weighted by Crippen LogP contribution is -2.29. The number of nitrogens with zero attached hydrogens (tertiary/aromatic N) is 3. The quantitative estimate of drug-likeness (QED) is 0.518. The Bertz CT molecular complexity index is 951. The van der Waals surface area contributed by atoms with Gasteiger partial charge in [0.2, 0.25) is 5.91 Å². The highest BCUT2D eigenvalue weighted by Gasteiger charge is 2.17. The maximum Gasteiger partial charge on any atom is 0.295 e. The zero-order valence-electron chi connectivity index (χ0n) is 14.2. The van der Waals surface area contributed by atoms with Crippen molar-refractivity contribution in [1.82, 2.24) is 14.9 Å². The van der Waals surface area contributed by atoms with E-state index >= 15 is 0 Å². The summed E-state index contributed by atoms with van der Waals surface area (Å²) in [6, 6.07) is 12.3. The highest BCUT2D eigenvalue weighted by Crippen LogP contribution is 2.24. The highest BCUT2D eigenvalue weighted by molar-refractivity contribution is 5.86. The van der Waals surface area contributed by atoms with Crippen molar-refractivity contribution in [3.63, 3.8) is 0 Å². The minimum absolute atomic E-state index is 0.0283. The first-order valence-electron chi connectivity index (χ1n) is 8.06. The molecule has 3 aromatic rings. The third-order valence-electron chi connectivity index (χ3n) is 4.00. The van der Waals surface area contributed by atoms with Crippen molar-refractivity contribution in [2.24, 2.45) is 0 Å². The van der Waals surface area contributed by atoms with Crippen LogP contribution in [0.25, 0.3) is 11.0 Å². The summed E-state index contributed by atoms with van der Waals surface area (Å²) in [4.78, 5) is 27.0. The Balaban J connectivity index is 1.63. The molecule has 8 heteroatoms. The van der Waals surface area contributed by atoms with Gasteiger partial charge in [0.05, 0.1) is 23.9 Å². The lowest BCUT2D eigenvalue weighted by molar-refractivity contribution is -0.383. The summed E-state index contributed by atoms with van der Waals surface area (Å²) >= 11 is 0. The summed E-state index contributed by atoms with van der Waals surface area (Å²) in [6.07, 6.45) is 2.10. The smallest absolute Gasteiger partial charge is 0.295 e. The number of imidazole rings is 1. The van der Waals surface area contributed by atoms with E-state index in [1.807, 2.05) is 24.3 Å². The number of nitro groups is 1. The monoisotopic (exact) mass is 354 g/mol. The molecular formula is C18H18N4O4. The summed E-state index contributed by atoms with van der Waals surface area (Å²) in [5.74, 6) is 0.538. The number of amides is 1. The number of methoxy groups -OCH3 is 1. The Labute approximate surface area is 149 Å². The number of hydrogen-bond acceptors (Lipinski definition) is 5. The predicted octanol–water partition coefficient (Wildman–Crippen LogP) is 2.31. The lowest BCUT2D eigenvalue weighted by Gasteiger charge is -2.08. The molecule has 134 valence electrons. The summed E-state index contributed by atoms with van der Waals surface area (Å²) in [5, 5.41) is 14.0. The van der Waals surface area contributed by atoms with Gasteiger partial charge >= 0.3 is 0 Å². The topological polar surface area (TPSA) is 99.3 Å². The highest BCUT2D eigenvalue weighted by atomic mass is 16.6. The molecule has 26 heavy (non-hydrogen) atoms. The molecule has 1 heterocycles. The predicted molar refractivity (Wildman–Crippen MR) is 96.1 cm³/mol. The van der Waals surface area contributed by atoms with Gasteiger partial charge in [0.15, 0.2) is 0 Å². The fraction of sp³-hybridized carbons (Fsp3) is 0.222. The second-order valence-corrected chi connectivity index (χ2v) is 5.73. The van der Waals surface area contributed by atoms with Crippen molar-refractivity contribution in [1.29, 1.82) is 0 Å². The van der Waals surface area contributed by atoms with Crippen molar-refractivity contribution >= 4 is 22.6 Å². The molecule has 1 N–H and O–H groups in total. The molecule has 0 spiro atoms. The van der Waals surface area contributed by atoms with Gasteiger partial charge in [0, 0.05) is 12.6 Å². The van der Waals surface area contributed by atoms with Gasteiger partial charge in [-0.1, -0.05) is 18.2 Å². The fourth-order valence-electron chi connectivity index (χ4n) is 2.76. The van der Waals surface area contributed by atoms with Crippen molar-refractivity contribution in [2.75, 3.05) is 13.7 Å². The largest absolute Gasteiger partial charge is 0.497 e. The zero-order valence-corrected chi connectivity index (χ0v) is 14.2. The van der Waals surface area contributed by atoms with Crippen LogP contribution in [0.15, 0.2) is 48.8 Å². The molecule has 0 radical (unpaired) electrons. The minimum atomic E-state index is -0.471. The van der Waals surface area contributed by atoms with Crippen LogP contribution >= 0.6 is 0 Å². The summed E-state index contributed by atoms with van der Waals surface area (Å²) in [6.45, 7) is 0.431. The van der Waals surface area contributed by atoms with Crippen LogP contribution in [0.5, 0.6) is 5.75 Å². The van der Waals surface area contributed by atoms with E-state index in [4.69, 9.17) is 4.74 Å². The first kappa shape index (κ1) is 17.4. The van der Waals surface area contributed by atoms with Crippen LogP contribution in [0.2, 0.25) is 0 Å². The third-order valence-corrected chi connectivity index (χ3v) is 4.00. The molecule has 0 atom stereocenters. The molecule has 0 fully saturated rings. The van der Waals surface area contributed by atoms with E-state index in [1.54, 1.807) is 19.2 Å². The number of hydrogen-bond donors (Lipinski definition) is 1. The SMILES string of the molecule is COc1cccc(CCNC(=O)Cn2cnc3cccc([N+](=O)[O-])c32)c1. The van der Waals surface area contributed by atoms with Crippen molar-refractivity contribution in [3.05, 3.63) is 64.5 Å². The van der Waals surface area contributed by atoms with E-state index in [0.717, 1.165) is 11.3 Å². The number of ether oxygens (including phenoxy) is 1. The first-order valence-corrected chi connectivity index (χ1v) is 8.06. The maximum atomic E-state index is 12.2. The number of carbonyl (C=O) groups excluding carboxylic acids is 1. The lowest BCUT2D eigenvalue weighted by atomic mass is 10.1. The molecule has 8 nitrogen and oxygen atoms in total. The van der Waals surface area contributed by atoms with Crippen LogP contribution in [-0.4, -0.2) is 34.0 Å². The van der Waals surface area contributed by atoms with Crippen LogP contribution < -0.4 is 10.1 Å². The molecule has 2 aromatic carbocycles. The molecule has 0 aliphatic heterocycles. The number of carbonyl (C=O) groups is 1. The Kier molecular flexibility index (Phi) is 5.12. The number of nitrogens with one attached hydrogen (secondary N) is 1. The standard InChI is InChI=1S/C18H18N4O4/c1-26-14-5-2-4-13(10-14)8-9-19-17(23)11-21-12-20-15-6-3-7-16(18(15)21)22(24)25/h2-7,10,12H,8-9,11H2,1H3,(H,19,23). The normalized spacial score (nSPS) is 10.7. The second kappa shape index (κ2) is 7.64. The Hall–Kier alpha value is -3.42. The number of nitro benzene ring substituents is 1. The van der Waals surface area contributed by atoms with E-state index < -0.39 is 4.92 Å². The van der Waals surface area contributed by atoms with Crippen LogP contribution in [0, 0.1) is 10.1 Å². The summed E-state index contributed by atoms with van der Waals surface area (Å²) in [5.41, 5.74) is 1.82. The average molecular weight is 354 g/mol. The number of non-ortho nitro benzene ring substituents is 1. The minimum Gasteiger partial charge on any atom is -0.497 e. The van der Waals surface area contributed by atoms with Crippen molar-refractivity contribution in [2.45, 2.75) is 13.0 Å². The number of fused-ring (bicyclic) bond motifs is 1. The second-order valence-electron chi connectivity index (χ2n) is 5.73. The number of aromatic nitrogens is 2. The summed E-state index contributed by atoms with van der Waals surface area (Å²) < 4.78 is 6.67. The van der Waals surface area contributed by atoms with Crippen LogP contribution in [0.3, 0.4) is 0 Å². The molecule has 0 aliphatic carbocycles. The van der Waals surface area contributed by atoms with E-state index in [1.165, 1.54) is 17.0 Å². The number of benzene rings is 2. The first-order chi connectivity index (χ1) is 12.6. The van der Waals surface area contributed by atoms with Gasteiger partial charge < -0.3 is 14.6 Å². The number of rotatable bonds is 7. The van der Waals surface area contributed by atoms with Gasteiger partial charge in [-0.15, -0.1) is 0 Å². The molecule has 3 rings (SSSR count). The molecular weight excluding hydrogens is 336 g/mol. The van der Waals surface area contributed by atoms with Gasteiger partial charge in [-0.2, -0.15) is 0 Å². The van der Waals surface area contributed by atoms with E-state index in [-0.39, 0.29) is 18.1 Å². The van der Waals surface area contributed by atoms with Gasteiger partial charge in [-0.05, 0) is 30.2 Å². The Morgan fingerprint density at radius 3 is 2.88 bits per heavy atom. The zero-order chi connectivity index (χ0) is 18.5. The van der Waals surface area contributed by atoms with Gasteiger partial charge in [0.1, 0.15) is 17.8 Å². The molecule has 0 bridgehead atoms.